The molecule has 176 valence electrons. The third-order valence-corrected chi connectivity index (χ3v) is 6.38. The van der Waals surface area contributed by atoms with Crippen LogP contribution < -0.4 is 5.32 Å². The molecule has 0 radical (unpaired) electrons. The van der Waals surface area contributed by atoms with E-state index in [1.165, 1.54) is 16.7 Å². The second-order valence-corrected chi connectivity index (χ2v) is 9.76. The fourth-order valence-electron chi connectivity index (χ4n) is 3.67. The number of hydrogen-bond donors (Lipinski definition) is 2. The third kappa shape index (κ3) is 5.54. The van der Waals surface area contributed by atoms with Gasteiger partial charge in [0, 0.05) is 5.75 Å². The smallest absolute Gasteiger partial charge is 0.408 e. The molecule has 0 unspecified atom stereocenters. The van der Waals surface area contributed by atoms with Gasteiger partial charge in [-0.05, 0) is 33.3 Å². The van der Waals surface area contributed by atoms with Gasteiger partial charge in [-0.1, -0.05) is 30.3 Å². The molecular weight excluding hydrogens is 436 g/mol. The molecule has 5 atom stereocenters. The zero-order chi connectivity index (χ0) is 23.5. The number of hydrogen-bond acceptors (Lipinski definition) is 8. The van der Waals surface area contributed by atoms with Gasteiger partial charge in [0.15, 0.2) is 0 Å². The van der Waals surface area contributed by atoms with Gasteiger partial charge in [0.2, 0.25) is 5.91 Å². The maximum Gasteiger partial charge on any atom is 0.408 e. The zero-order valence-electron chi connectivity index (χ0n) is 18.6. The second-order valence-electron chi connectivity index (χ2n) is 8.61. The van der Waals surface area contributed by atoms with Crippen LogP contribution in [0.15, 0.2) is 30.3 Å². The monoisotopic (exact) mass is 466 g/mol. The number of amides is 2. The lowest BCUT2D eigenvalue weighted by Gasteiger charge is -2.44. The fraction of sp³-hybridized carbons (Fsp3) is 0.591. The van der Waals surface area contributed by atoms with Crippen LogP contribution in [0.1, 0.15) is 33.3 Å². The van der Waals surface area contributed by atoms with Crippen molar-refractivity contribution < 1.29 is 33.7 Å². The predicted octanol–water partition coefficient (Wildman–Crippen LogP) is 1.67. The van der Waals surface area contributed by atoms with Gasteiger partial charge >= 0.3 is 12.1 Å². The highest BCUT2D eigenvalue weighted by molar-refractivity contribution is 8.00. The van der Waals surface area contributed by atoms with Crippen molar-refractivity contribution in [3.8, 4) is 0 Å². The summed E-state index contributed by atoms with van der Waals surface area (Å²) in [6.07, 6.45) is -3.00. The Kier molecular flexibility index (Phi) is 7.68. The molecule has 2 fully saturated rings. The van der Waals surface area contributed by atoms with Crippen molar-refractivity contribution in [1.29, 1.82) is 0 Å². The van der Waals surface area contributed by atoms with Crippen molar-refractivity contribution in [3.05, 3.63) is 35.9 Å². The Hall–Kier alpha value is -2.30. The highest BCUT2D eigenvalue weighted by Crippen LogP contribution is 2.39. The summed E-state index contributed by atoms with van der Waals surface area (Å²) < 4.78 is 16.4. The van der Waals surface area contributed by atoms with Gasteiger partial charge in [-0.15, -0.1) is 11.8 Å². The molecule has 2 saturated heterocycles. The molecule has 9 nitrogen and oxygen atoms in total. The van der Waals surface area contributed by atoms with E-state index >= 15 is 0 Å². The molecule has 2 aliphatic rings. The molecular formula is C22H30N2O7S. The number of rotatable bonds is 6. The number of nitrogens with one attached hydrogen (secondary N) is 1. The minimum atomic E-state index is -1.33. The molecule has 2 aliphatic heterocycles. The summed E-state index contributed by atoms with van der Waals surface area (Å²) in [6, 6.07) is 7.26. The molecule has 32 heavy (non-hydrogen) atoms. The lowest BCUT2D eigenvalue weighted by atomic mass is 9.96. The third-order valence-electron chi connectivity index (χ3n) is 5.03. The summed E-state index contributed by atoms with van der Waals surface area (Å²) in [5, 5.41) is 12.9. The summed E-state index contributed by atoms with van der Waals surface area (Å²) in [7, 11) is 0. The number of ether oxygens (including phenoxy) is 3. The quantitative estimate of drug-likeness (QED) is 0.609. The molecule has 2 heterocycles. The summed E-state index contributed by atoms with van der Waals surface area (Å²) in [5.41, 5.74) is 0.111. The molecule has 1 aromatic carbocycles. The number of fused-ring (bicyclic) bond motifs is 1. The van der Waals surface area contributed by atoms with E-state index in [0.29, 0.717) is 5.75 Å². The van der Waals surface area contributed by atoms with E-state index in [-0.39, 0.29) is 13.2 Å². The Labute approximate surface area is 191 Å². The van der Waals surface area contributed by atoms with E-state index in [2.05, 4.69) is 5.32 Å². The molecule has 3 rings (SSSR count). The topological polar surface area (TPSA) is 114 Å². The van der Waals surface area contributed by atoms with E-state index in [9.17, 15) is 19.5 Å². The van der Waals surface area contributed by atoms with Crippen molar-refractivity contribution in [2.45, 2.75) is 69.6 Å². The van der Waals surface area contributed by atoms with Crippen LogP contribution in [0.3, 0.4) is 0 Å². The summed E-state index contributed by atoms with van der Waals surface area (Å²) in [5.74, 6) is -0.784. The van der Waals surface area contributed by atoms with Gasteiger partial charge in [0.25, 0.3) is 0 Å². The lowest BCUT2D eigenvalue weighted by molar-refractivity contribution is -0.169. The number of thioether (sulfide) groups is 1. The van der Waals surface area contributed by atoms with Crippen LogP contribution in [0.2, 0.25) is 0 Å². The first kappa shape index (κ1) is 24.3. The van der Waals surface area contributed by atoms with Crippen LogP contribution in [0.25, 0.3) is 0 Å². The van der Waals surface area contributed by atoms with Gasteiger partial charge in [-0.2, -0.15) is 0 Å². The molecule has 0 saturated carbocycles. The number of carbonyl (C=O) groups is 3. The van der Waals surface area contributed by atoms with Crippen LogP contribution in [-0.4, -0.2) is 75.6 Å². The van der Waals surface area contributed by atoms with Crippen LogP contribution in [0.4, 0.5) is 4.79 Å². The van der Waals surface area contributed by atoms with Crippen LogP contribution >= 0.6 is 11.8 Å². The second kappa shape index (κ2) is 10.1. The number of piperidine rings is 1. The molecule has 0 aliphatic carbocycles. The summed E-state index contributed by atoms with van der Waals surface area (Å²) in [4.78, 5) is 39.5. The first-order valence-corrected chi connectivity index (χ1v) is 11.6. The normalized spacial score (nSPS) is 27.6. The minimum absolute atomic E-state index is 0.183. The van der Waals surface area contributed by atoms with Gasteiger partial charge in [0.1, 0.15) is 35.3 Å². The number of aliphatic hydroxyl groups is 1. The number of alkyl carbamates (subject to hydrolysis) is 1. The molecule has 0 spiro atoms. The molecule has 2 amide bonds. The van der Waals surface area contributed by atoms with Crippen molar-refractivity contribution in [1.82, 2.24) is 10.2 Å². The zero-order valence-corrected chi connectivity index (χ0v) is 19.5. The van der Waals surface area contributed by atoms with Gasteiger partial charge in [-0.3, -0.25) is 4.79 Å². The average molecular weight is 467 g/mol. The van der Waals surface area contributed by atoms with E-state index in [0.717, 1.165) is 5.56 Å². The largest absolute Gasteiger partial charge is 0.464 e. The average Bonchev–Trinajstić information content (AvgIpc) is 3.16. The Bertz CT molecular complexity index is 829. The highest BCUT2D eigenvalue weighted by atomic mass is 32.2. The van der Waals surface area contributed by atoms with Crippen molar-refractivity contribution in [2.24, 2.45) is 0 Å². The summed E-state index contributed by atoms with van der Waals surface area (Å²) in [6.45, 7) is 7.16. The number of aliphatic hydroxyl groups excluding tert-OH is 1. The van der Waals surface area contributed by atoms with Crippen molar-refractivity contribution in [2.75, 3.05) is 12.4 Å². The Morgan fingerprint density at radius 3 is 2.56 bits per heavy atom. The Balaban J connectivity index is 1.84. The van der Waals surface area contributed by atoms with Crippen molar-refractivity contribution in [3.63, 3.8) is 0 Å². The van der Waals surface area contributed by atoms with E-state index in [4.69, 9.17) is 14.2 Å². The lowest BCUT2D eigenvalue weighted by Crippen LogP contribution is -2.69. The first-order valence-electron chi connectivity index (χ1n) is 10.6. The van der Waals surface area contributed by atoms with E-state index in [1.54, 1.807) is 27.7 Å². The van der Waals surface area contributed by atoms with E-state index < -0.39 is 53.2 Å². The Morgan fingerprint density at radius 1 is 1.25 bits per heavy atom. The SMILES string of the molecule is CCOC(=O)[C@@H]1CS[C@H]2[C@@H](OCc3ccccc3)[C@H](O)[C@@H](NC(=O)OC(C)(C)C)C(=O)N12. The standard InChI is InChI=1S/C22H30N2O7S/c1-5-29-20(27)14-12-32-19-17(30-11-13-9-7-6-8-10-13)16(25)15(18(26)24(14)19)23-21(28)31-22(2,3)4/h6-10,14-17,19,25H,5,11-12H2,1-4H3,(H,23,28)/t14-,15+,16+,17-,19-/m0/s1. The fourth-order valence-corrected chi connectivity index (χ4v) is 5.19. The van der Waals surface area contributed by atoms with Crippen molar-refractivity contribution >= 4 is 29.7 Å². The maximum atomic E-state index is 13.3. The van der Waals surface area contributed by atoms with Gasteiger partial charge in [-0.25, -0.2) is 9.59 Å². The molecule has 10 heteroatoms. The van der Waals surface area contributed by atoms with Crippen LogP contribution in [0.5, 0.6) is 0 Å². The number of carbonyl (C=O) groups excluding carboxylic acids is 3. The van der Waals surface area contributed by atoms with Gasteiger partial charge in [0.05, 0.1) is 13.2 Å². The molecule has 0 aromatic heterocycles. The molecule has 1 aromatic rings. The van der Waals surface area contributed by atoms with Crippen LogP contribution in [-0.2, 0) is 30.4 Å². The predicted molar refractivity (Wildman–Crippen MR) is 118 cm³/mol. The molecule has 2 N–H and O–H groups in total. The van der Waals surface area contributed by atoms with E-state index in [1.807, 2.05) is 30.3 Å². The van der Waals surface area contributed by atoms with Crippen LogP contribution in [0, 0.1) is 0 Å². The minimum Gasteiger partial charge on any atom is -0.464 e. The summed E-state index contributed by atoms with van der Waals surface area (Å²) >= 11 is 1.35. The number of esters is 1. The Morgan fingerprint density at radius 2 is 1.94 bits per heavy atom. The van der Waals surface area contributed by atoms with Gasteiger partial charge < -0.3 is 29.5 Å². The maximum absolute atomic E-state index is 13.3. The first-order chi connectivity index (χ1) is 15.1. The number of nitrogens with zero attached hydrogens (tertiary/aromatic N) is 1. The number of benzene rings is 1. The highest BCUT2D eigenvalue weighted by Gasteiger charge is 2.56. The molecule has 0 bridgehead atoms.